The molecule has 1 saturated heterocycles. The number of hydrogen-bond acceptors (Lipinski definition) is 6. The van der Waals surface area contributed by atoms with Crippen molar-refractivity contribution in [1.29, 1.82) is 0 Å². The number of likely N-dealkylation sites (tertiary alicyclic amines) is 1. The highest BCUT2D eigenvalue weighted by Gasteiger charge is 2.34. The Morgan fingerprint density at radius 1 is 1.18 bits per heavy atom. The number of nitro benzene ring substituents is 1. The zero-order valence-corrected chi connectivity index (χ0v) is 15.2. The first-order chi connectivity index (χ1) is 13.5. The second-order valence-corrected chi connectivity index (χ2v) is 6.78. The fourth-order valence-corrected chi connectivity index (χ4v) is 3.35. The third-order valence-corrected chi connectivity index (χ3v) is 4.88. The number of amides is 1. The van der Waals surface area contributed by atoms with E-state index in [9.17, 15) is 14.9 Å². The lowest BCUT2D eigenvalue weighted by Crippen LogP contribution is -2.30. The SMILES string of the molecule is Cc1ccc(-c2noc([C@H]3CCCN3C(=O)c3ccc([N+](=O)[O-])cc3)n2)cc1. The van der Waals surface area contributed by atoms with Crippen LogP contribution in [0.1, 0.15) is 40.7 Å². The molecule has 1 aliphatic heterocycles. The summed E-state index contributed by atoms with van der Waals surface area (Å²) in [6, 6.07) is 13.1. The number of hydrogen-bond donors (Lipinski definition) is 0. The molecule has 1 amide bonds. The Balaban J connectivity index is 1.56. The molecule has 3 aromatic rings. The van der Waals surface area contributed by atoms with Gasteiger partial charge in [0.05, 0.1) is 4.92 Å². The van der Waals surface area contributed by atoms with E-state index in [4.69, 9.17) is 4.52 Å². The van der Waals surface area contributed by atoms with Gasteiger partial charge in [0.1, 0.15) is 6.04 Å². The average molecular weight is 378 g/mol. The van der Waals surface area contributed by atoms with Crippen LogP contribution < -0.4 is 0 Å². The fourth-order valence-electron chi connectivity index (χ4n) is 3.35. The first kappa shape index (κ1) is 17.8. The molecule has 1 fully saturated rings. The van der Waals surface area contributed by atoms with Gasteiger partial charge in [-0.05, 0) is 31.9 Å². The number of rotatable bonds is 4. The summed E-state index contributed by atoms with van der Waals surface area (Å²) in [4.78, 5) is 29.4. The van der Waals surface area contributed by atoms with Crippen LogP contribution in [0.15, 0.2) is 53.1 Å². The maximum absolute atomic E-state index is 12.9. The Hall–Kier alpha value is -3.55. The van der Waals surface area contributed by atoms with Gasteiger partial charge in [0, 0.05) is 29.8 Å². The van der Waals surface area contributed by atoms with Gasteiger partial charge in [-0.1, -0.05) is 35.0 Å². The van der Waals surface area contributed by atoms with E-state index in [2.05, 4.69) is 10.1 Å². The molecule has 0 saturated carbocycles. The molecule has 0 unspecified atom stereocenters. The summed E-state index contributed by atoms with van der Waals surface area (Å²) in [5, 5.41) is 14.9. The largest absolute Gasteiger partial charge is 0.337 e. The van der Waals surface area contributed by atoms with Crippen molar-refractivity contribution in [2.24, 2.45) is 0 Å². The van der Waals surface area contributed by atoms with Crippen molar-refractivity contribution < 1.29 is 14.2 Å². The van der Waals surface area contributed by atoms with Crippen molar-refractivity contribution in [3.63, 3.8) is 0 Å². The highest BCUT2D eigenvalue weighted by molar-refractivity contribution is 5.94. The normalized spacial score (nSPS) is 16.3. The van der Waals surface area contributed by atoms with Gasteiger partial charge in [0.15, 0.2) is 0 Å². The van der Waals surface area contributed by atoms with E-state index in [0.717, 1.165) is 24.0 Å². The molecule has 8 heteroatoms. The maximum atomic E-state index is 12.9. The summed E-state index contributed by atoms with van der Waals surface area (Å²) in [5.41, 5.74) is 2.35. The van der Waals surface area contributed by atoms with Gasteiger partial charge in [-0.3, -0.25) is 14.9 Å². The predicted octanol–water partition coefficient (Wildman–Crippen LogP) is 3.93. The van der Waals surface area contributed by atoms with Crippen LogP contribution in [-0.2, 0) is 0 Å². The number of non-ortho nitro benzene ring substituents is 1. The standard InChI is InChI=1S/C20H18N4O4/c1-13-4-6-14(7-5-13)18-21-19(28-22-18)17-3-2-12-23(17)20(25)15-8-10-16(11-9-15)24(26)27/h4-11,17H,2-3,12H2,1H3/t17-/m1/s1. The lowest BCUT2D eigenvalue weighted by atomic mass is 10.1. The van der Waals surface area contributed by atoms with Crippen LogP contribution in [-0.4, -0.2) is 32.4 Å². The molecular weight excluding hydrogens is 360 g/mol. The summed E-state index contributed by atoms with van der Waals surface area (Å²) in [6.45, 7) is 2.58. The van der Waals surface area contributed by atoms with Crippen molar-refractivity contribution in [2.45, 2.75) is 25.8 Å². The zero-order chi connectivity index (χ0) is 19.7. The zero-order valence-electron chi connectivity index (χ0n) is 15.2. The van der Waals surface area contributed by atoms with E-state index in [0.29, 0.717) is 23.8 Å². The van der Waals surface area contributed by atoms with Gasteiger partial charge in [-0.25, -0.2) is 0 Å². The summed E-state index contributed by atoms with van der Waals surface area (Å²) < 4.78 is 5.46. The minimum atomic E-state index is -0.488. The minimum absolute atomic E-state index is 0.0471. The van der Waals surface area contributed by atoms with Crippen LogP contribution >= 0.6 is 0 Å². The minimum Gasteiger partial charge on any atom is -0.337 e. The molecule has 0 radical (unpaired) electrons. The van der Waals surface area contributed by atoms with Crippen LogP contribution in [0.25, 0.3) is 11.4 Å². The van der Waals surface area contributed by atoms with E-state index in [-0.39, 0.29) is 17.6 Å². The molecule has 28 heavy (non-hydrogen) atoms. The number of nitrogens with zero attached hydrogens (tertiary/aromatic N) is 4. The second kappa shape index (κ2) is 7.22. The Bertz CT molecular complexity index is 1010. The number of carbonyl (C=O) groups excluding carboxylic acids is 1. The molecular formula is C20H18N4O4. The molecule has 0 bridgehead atoms. The first-order valence-electron chi connectivity index (χ1n) is 8.99. The Morgan fingerprint density at radius 2 is 1.89 bits per heavy atom. The molecule has 0 N–H and O–H groups in total. The number of aryl methyl sites for hydroxylation is 1. The molecule has 2 aromatic carbocycles. The van der Waals surface area contributed by atoms with Crippen LogP contribution in [0.5, 0.6) is 0 Å². The average Bonchev–Trinajstić information content (AvgIpc) is 3.37. The number of nitro groups is 1. The summed E-state index contributed by atoms with van der Waals surface area (Å²) >= 11 is 0. The van der Waals surface area contributed by atoms with Crippen LogP contribution in [0, 0.1) is 17.0 Å². The van der Waals surface area contributed by atoms with E-state index in [1.165, 1.54) is 24.3 Å². The topological polar surface area (TPSA) is 102 Å². The first-order valence-corrected chi connectivity index (χ1v) is 8.99. The smallest absolute Gasteiger partial charge is 0.269 e. The highest BCUT2D eigenvalue weighted by Crippen LogP contribution is 2.33. The lowest BCUT2D eigenvalue weighted by Gasteiger charge is -2.21. The van der Waals surface area contributed by atoms with Crippen LogP contribution in [0.2, 0.25) is 0 Å². The number of aromatic nitrogens is 2. The molecule has 2 heterocycles. The molecule has 0 spiro atoms. The van der Waals surface area contributed by atoms with Crippen molar-refractivity contribution in [3.05, 3.63) is 75.7 Å². The summed E-state index contributed by atoms with van der Waals surface area (Å²) in [6.07, 6.45) is 1.56. The van der Waals surface area contributed by atoms with E-state index >= 15 is 0 Å². The van der Waals surface area contributed by atoms with Crippen LogP contribution in [0.3, 0.4) is 0 Å². The van der Waals surface area contributed by atoms with Crippen molar-refractivity contribution in [2.75, 3.05) is 6.54 Å². The van der Waals surface area contributed by atoms with Crippen molar-refractivity contribution in [3.8, 4) is 11.4 Å². The Labute approximate surface area is 160 Å². The van der Waals surface area contributed by atoms with Gasteiger partial charge < -0.3 is 9.42 Å². The third kappa shape index (κ3) is 3.36. The maximum Gasteiger partial charge on any atom is 0.269 e. The molecule has 1 aromatic heterocycles. The molecule has 142 valence electrons. The van der Waals surface area contributed by atoms with E-state index < -0.39 is 4.92 Å². The van der Waals surface area contributed by atoms with Gasteiger partial charge in [-0.2, -0.15) is 4.98 Å². The lowest BCUT2D eigenvalue weighted by molar-refractivity contribution is -0.384. The number of benzene rings is 2. The van der Waals surface area contributed by atoms with Gasteiger partial charge in [-0.15, -0.1) is 0 Å². The summed E-state index contributed by atoms with van der Waals surface area (Å²) in [7, 11) is 0. The second-order valence-electron chi connectivity index (χ2n) is 6.78. The molecule has 0 aliphatic carbocycles. The molecule has 8 nitrogen and oxygen atoms in total. The highest BCUT2D eigenvalue weighted by atomic mass is 16.6. The van der Waals surface area contributed by atoms with Crippen molar-refractivity contribution in [1.82, 2.24) is 15.0 Å². The molecule has 1 aliphatic rings. The van der Waals surface area contributed by atoms with E-state index in [1.54, 1.807) is 4.90 Å². The third-order valence-electron chi connectivity index (χ3n) is 4.88. The number of carbonyl (C=O) groups is 1. The van der Waals surface area contributed by atoms with Crippen LogP contribution in [0.4, 0.5) is 5.69 Å². The predicted molar refractivity (Wildman–Crippen MR) is 101 cm³/mol. The monoisotopic (exact) mass is 378 g/mol. The molecule has 4 rings (SSSR count). The molecule has 1 atom stereocenters. The quantitative estimate of drug-likeness (QED) is 0.503. The van der Waals surface area contributed by atoms with Crippen molar-refractivity contribution >= 4 is 11.6 Å². The van der Waals surface area contributed by atoms with Gasteiger partial charge in [0.25, 0.3) is 11.6 Å². The van der Waals surface area contributed by atoms with E-state index in [1.807, 2.05) is 31.2 Å². The summed E-state index contributed by atoms with van der Waals surface area (Å²) in [5.74, 6) is 0.695. The van der Waals surface area contributed by atoms with Gasteiger partial charge >= 0.3 is 0 Å². The Morgan fingerprint density at radius 3 is 2.57 bits per heavy atom. The Kier molecular flexibility index (Phi) is 4.60. The van der Waals surface area contributed by atoms with Gasteiger partial charge in [0.2, 0.25) is 11.7 Å². The fraction of sp³-hybridized carbons (Fsp3) is 0.250.